The van der Waals surface area contributed by atoms with Crippen molar-refractivity contribution in [1.82, 2.24) is 9.29 Å². The average Bonchev–Trinajstić information content (AvgIpc) is 3.13. The predicted octanol–water partition coefficient (Wildman–Crippen LogP) is 2.07. The molecule has 0 bridgehead atoms. The number of sulfonamides is 1. The fourth-order valence-electron chi connectivity index (χ4n) is 3.42. The van der Waals surface area contributed by atoms with Crippen LogP contribution in [-0.2, 0) is 29.4 Å². The molecule has 0 unspecified atom stereocenters. The molecule has 1 aromatic heterocycles. The van der Waals surface area contributed by atoms with Gasteiger partial charge in [-0.05, 0) is 44.9 Å². The number of carbonyl (C=O) groups is 2. The number of piperidine rings is 1. The number of aromatic nitrogens is 1. The molecule has 13 heteroatoms. The van der Waals surface area contributed by atoms with Crippen LogP contribution in [0.3, 0.4) is 0 Å². The van der Waals surface area contributed by atoms with Crippen LogP contribution in [-0.4, -0.2) is 64.0 Å². The molecule has 0 radical (unpaired) electrons. The summed E-state index contributed by atoms with van der Waals surface area (Å²) in [5.74, 6) is -1.21. The lowest BCUT2D eigenvalue weighted by atomic mass is 9.97. The number of rotatable bonds is 7. The molecule has 33 heavy (non-hydrogen) atoms. The molecule has 0 aliphatic carbocycles. The molecule has 2 aromatic rings. The Hall–Kier alpha value is -2.35. The molecule has 0 spiro atoms. The maximum absolute atomic E-state index is 13.0. The van der Waals surface area contributed by atoms with E-state index < -0.39 is 31.7 Å². The van der Waals surface area contributed by atoms with E-state index in [1.165, 1.54) is 22.5 Å². The first kappa shape index (κ1) is 25.3. The smallest absolute Gasteiger partial charge is 0.350 e. The first-order valence-electron chi connectivity index (χ1n) is 10.2. The normalized spacial score (nSPS) is 15.8. The fraction of sp³-hybridized carbons (Fsp3) is 0.450. The van der Waals surface area contributed by atoms with Crippen molar-refractivity contribution < 1.29 is 31.2 Å². The minimum Gasteiger partial charge on any atom is -0.462 e. The number of amides is 1. The van der Waals surface area contributed by atoms with Gasteiger partial charge in [-0.1, -0.05) is 17.4 Å². The lowest BCUT2D eigenvalue weighted by molar-refractivity contribution is -0.120. The van der Waals surface area contributed by atoms with Crippen LogP contribution >= 0.6 is 11.3 Å². The molecule has 1 saturated heterocycles. The summed E-state index contributed by atoms with van der Waals surface area (Å²) in [4.78, 5) is 29.0. The van der Waals surface area contributed by atoms with Gasteiger partial charge in [0.1, 0.15) is 4.88 Å². The average molecular weight is 516 g/mol. The van der Waals surface area contributed by atoms with Gasteiger partial charge in [-0.25, -0.2) is 26.6 Å². The first-order valence-corrected chi connectivity index (χ1v) is 14.3. The number of sulfone groups is 1. The minimum atomic E-state index is -3.89. The van der Waals surface area contributed by atoms with Gasteiger partial charge < -0.3 is 10.1 Å². The summed E-state index contributed by atoms with van der Waals surface area (Å²) in [7, 11) is -7.44. The first-order chi connectivity index (χ1) is 15.4. The van der Waals surface area contributed by atoms with E-state index in [-0.39, 0.29) is 40.5 Å². The van der Waals surface area contributed by atoms with Crippen molar-refractivity contribution in [3.05, 3.63) is 34.8 Å². The third-order valence-electron chi connectivity index (χ3n) is 5.18. The standard InChI is InChI=1S/C20H25N3O7S3/c1-4-30-19(25)17-13(2)21-20(31-17)22-18(24)14-8-10-23(11-9-14)33(28,29)16-7-5-6-15(12-16)32(3,26)27/h5-7,12,14H,4,8-11H2,1-3H3,(H,21,22,24). The van der Waals surface area contributed by atoms with Gasteiger partial charge in [0.05, 0.1) is 22.1 Å². The molecule has 0 saturated carbocycles. The van der Waals surface area contributed by atoms with E-state index in [0.717, 1.165) is 23.7 Å². The van der Waals surface area contributed by atoms with Crippen LogP contribution in [0.5, 0.6) is 0 Å². The Morgan fingerprint density at radius 3 is 2.42 bits per heavy atom. The van der Waals surface area contributed by atoms with Crippen molar-refractivity contribution in [1.29, 1.82) is 0 Å². The zero-order chi connectivity index (χ0) is 24.4. The number of anilines is 1. The summed E-state index contributed by atoms with van der Waals surface area (Å²) >= 11 is 1.03. The highest BCUT2D eigenvalue weighted by Gasteiger charge is 2.33. The SMILES string of the molecule is CCOC(=O)c1sc(NC(=O)C2CCN(S(=O)(=O)c3cccc(S(C)(=O)=O)c3)CC2)nc1C. The van der Waals surface area contributed by atoms with Crippen LogP contribution in [0.4, 0.5) is 5.13 Å². The van der Waals surface area contributed by atoms with E-state index in [0.29, 0.717) is 23.4 Å². The van der Waals surface area contributed by atoms with E-state index in [1.807, 2.05) is 0 Å². The second-order valence-corrected chi connectivity index (χ2v) is 12.5. The van der Waals surface area contributed by atoms with Crippen LogP contribution in [0.25, 0.3) is 0 Å². The van der Waals surface area contributed by atoms with Gasteiger partial charge in [-0.2, -0.15) is 4.31 Å². The second kappa shape index (κ2) is 9.87. The van der Waals surface area contributed by atoms with Crippen molar-refractivity contribution in [3.63, 3.8) is 0 Å². The van der Waals surface area contributed by atoms with Crippen molar-refractivity contribution in [2.24, 2.45) is 5.92 Å². The third-order valence-corrected chi connectivity index (χ3v) is 9.24. The number of thiazole rings is 1. The molecule has 1 fully saturated rings. The Morgan fingerprint density at radius 1 is 1.18 bits per heavy atom. The number of ether oxygens (including phenoxy) is 1. The van der Waals surface area contributed by atoms with E-state index in [4.69, 9.17) is 4.74 Å². The maximum Gasteiger partial charge on any atom is 0.350 e. The molecule has 180 valence electrons. The summed E-state index contributed by atoms with van der Waals surface area (Å²) < 4.78 is 55.7. The number of hydrogen-bond acceptors (Lipinski definition) is 9. The van der Waals surface area contributed by atoms with Gasteiger partial charge in [-0.3, -0.25) is 4.79 Å². The van der Waals surface area contributed by atoms with Crippen LogP contribution in [0.15, 0.2) is 34.1 Å². The maximum atomic E-state index is 13.0. The van der Waals surface area contributed by atoms with Crippen molar-refractivity contribution in [3.8, 4) is 0 Å². The number of benzene rings is 1. The summed E-state index contributed by atoms with van der Waals surface area (Å²) in [6, 6.07) is 5.24. The van der Waals surface area contributed by atoms with Gasteiger partial charge in [0, 0.05) is 25.3 Å². The number of aryl methyl sites for hydroxylation is 1. The fourth-order valence-corrected chi connectivity index (χ4v) is 6.54. The number of nitrogens with zero attached hydrogens (tertiary/aromatic N) is 2. The summed E-state index contributed by atoms with van der Waals surface area (Å²) in [5.41, 5.74) is 0.464. The number of nitrogens with one attached hydrogen (secondary N) is 1. The number of esters is 1. The van der Waals surface area contributed by atoms with Gasteiger partial charge in [0.25, 0.3) is 0 Å². The molecule has 0 atom stereocenters. The van der Waals surface area contributed by atoms with E-state index in [1.54, 1.807) is 13.8 Å². The lowest BCUT2D eigenvalue weighted by Gasteiger charge is -2.30. The molecule has 2 heterocycles. The van der Waals surface area contributed by atoms with E-state index in [9.17, 15) is 26.4 Å². The molecule has 1 aliphatic rings. The largest absolute Gasteiger partial charge is 0.462 e. The van der Waals surface area contributed by atoms with Crippen LogP contribution in [0.2, 0.25) is 0 Å². The second-order valence-electron chi connectivity index (χ2n) is 7.57. The number of carbonyl (C=O) groups excluding carboxylic acids is 2. The molecule has 1 amide bonds. The van der Waals surface area contributed by atoms with Gasteiger partial charge >= 0.3 is 5.97 Å². The highest BCUT2D eigenvalue weighted by molar-refractivity contribution is 7.91. The van der Waals surface area contributed by atoms with Gasteiger partial charge in [0.2, 0.25) is 15.9 Å². The monoisotopic (exact) mass is 515 g/mol. The van der Waals surface area contributed by atoms with Gasteiger partial charge in [0.15, 0.2) is 15.0 Å². The summed E-state index contributed by atoms with van der Waals surface area (Å²) in [5, 5.41) is 2.99. The molecule has 1 aromatic carbocycles. The number of hydrogen-bond donors (Lipinski definition) is 1. The summed E-state index contributed by atoms with van der Waals surface area (Å²) in [6.45, 7) is 3.83. The third kappa shape index (κ3) is 5.78. The lowest BCUT2D eigenvalue weighted by Crippen LogP contribution is -2.41. The highest BCUT2D eigenvalue weighted by atomic mass is 32.2. The van der Waals surface area contributed by atoms with Crippen LogP contribution in [0.1, 0.15) is 35.1 Å². The Labute approximate surface area is 196 Å². The van der Waals surface area contributed by atoms with Crippen molar-refractivity contribution >= 4 is 48.2 Å². The Bertz CT molecular complexity index is 1260. The van der Waals surface area contributed by atoms with E-state index >= 15 is 0 Å². The molecule has 1 N–H and O–H groups in total. The zero-order valence-electron chi connectivity index (χ0n) is 18.4. The predicted molar refractivity (Wildman–Crippen MR) is 122 cm³/mol. The molecular weight excluding hydrogens is 490 g/mol. The Morgan fingerprint density at radius 2 is 1.82 bits per heavy atom. The van der Waals surface area contributed by atoms with E-state index in [2.05, 4.69) is 10.3 Å². The Kier molecular flexibility index (Phi) is 7.56. The molecule has 10 nitrogen and oxygen atoms in total. The van der Waals surface area contributed by atoms with Crippen molar-refractivity contribution in [2.75, 3.05) is 31.3 Å². The quantitative estimate of drug-likeness (QED) is 0.553. The Balaban J connectivity index is 1.64. The van der Waals surface area contributed by atoms with Crippen LogP contribution < -0.4 is 5.32 Å². The molecule has 3 rings (SSSR count). The topological polar surface area (TPSA) is 140 Å². The van der Waals surface area contributed by atoms with Gasteiger partial charge in [-0.15, -0.1) is 0 Å². The molecule has 1 aliphatic heterocycles. The zero-order valence-corrected chi connectivity index (χ0v) is 20.8. The molecular formula is C20H25N3O7S3. The summed E-state index contributed by atoms with van der Waals surface area (Å²) in [6.07, 6.45) is 1.61. The highest BCUT2D eigenvalue weighted by Crippen LogP contribution is 2.28. The van der Waals surface area contributed by atoms with Crippen molar-refractivity contribution in [2.45, 2.75) is 36.5 Å². The van der Waals surface area contributed by atoms with Crippen LogP contribution in [0, 0.1) is 12.8 Å². The minimum absolute atomic E-state index is 0.0706.